The summed E-state index contributed by atoms with van der Waals surface area (Å²) in [6.45, 7) is 7.01. The average molecular weight is 361 g/mol. The Bertz CT molecular complexity index is 676. The minimum atomic E-state index is -0.194. The third-order valence-electron chi connectivity index (χ3n) is 3.37. The van der Waals surface area contributed by atoms with Crippen molar-refractivity contribution in [2.45, 2.75) is 39.3 Å². The highest BCUT2D eigenvalue weighted by Crippen LogP contribution is 2.18. The summed E-state index contributed by atoms with van der Waals surface area (Å²) >= 11 is 5.87. The predicted molar refractivity (Wildman–Crippen MR) is 103 cm³/mol. The van der Waals surface area contributed by atoms with Gasteiger partial charge in [0, 0.05) is 29.2 Å². The van der Waals surface area contributed by atoms with E-state index in [2.05, 4.69) is 10.6 Å². The van der Waals surface area contributed by atoms with Crippen molar-refractivity contribution < 1.29 is 9.53 Å². The summed E-state index contributed by atoms with van der Waals surface area (Å²) in [5.74, 6) is 0.842. The number of amides is 1. The predicted octanol–water partition coefficient (Wildman–Crippen LogP) is 4.64. The van der Waals surface area contributed by atoms with Crippen LogP contribution in [0.5, 0.6) is 5.75 Å². The van der Waals surface area contributed by atoms with E-state index in [0.717, 1.165) is 22.0 Å². The van der Waals surface area contributed by atoms with Crippen molar-refractivity contribution in [1.29, 1.82) is 0 Å². The van der Waals surface area contributed by atoms with E-state index in [1.165, 1.54) is 0 Å². The van der Waals surface area contributed by atoms with Crippen LogP contribution in [0, 0.1) is 0 Å². The molecular formula is C20H25ClN2O2. The van der Waals surface area contributed by atoms with Crippen molar-refractivity contribution in [3.63, 3.8) is 0 Å². The highest BCUT2D eigenvalue weighted by molar-refractivity contribution is 6.30. The first-order valence-electron chi connectivity index (χ1n) is 8.34. The highest BCUT2D eigenvalue weighted by atomic mass is 35.5. The van der Waals surface area contributed by atoms with Gasteiger partial charge in [0.2, 0.25) is 5.91 Å². The summed E-state index contributed by atoms with van der Waals surface area (Å²) in [6, 6.07) is 15.3. The van der Waals surface area contributed by atoms with Gasteiger partial charge in [-0.25, -0.2) is 0 Å². The molecule has 4 nitrogen and oxygen atoms in total. The van der Waals surface area contributed by atoms with Crippen LogP contribution < -0.4 is 15.4 Å². The van der Waals surface area contributed by atoms with Gasteiger partial charge in [0.15, 0.2) is 0 Å². The van der Waals surface area contributed by atoms with Gasteiger partial charge in [-0.2, -0.15) is 0 Å². The van der Waals surface area contributed by atoms with Crippen LogP contribution in [-0.2, 0) is 11.4 Å². The van der Waals surface area contributed by atoms with Gasteiger partial charge in [0.25, 0.3) is 0 Å². The Labute approximate surface area is 154 Å². The quantitative estimate of drug-likeness (QED) is 0.756. The van der Waals surface area contributed by atoms with Crippen molar-refractivity contribution in [3.8, 4) is 5.75 Å². The molecule has 0 bridgehead atoms. The SMILES string of the molecule is CC(C)(C)NC(=O)CCNc1ccc(OCc2ccc(Cl)cc2)cc1. The largest absolute Gasteiger partial charge is 0.489 e. The first-order valence-corrected chi connectivity index (χ1v) is 8.72. The number of anilines is 1. The number of ether oxygens (including phenoxy) is 1. The van der Waals surface area contributed by atoms with Gasteiger partial charge in [-0.05, 0) is 62.7 Å². The first-order chi connectivity index (χ1) is 11.8. The minimum absolute atomic E-state index is 0.0444. The molecule has 1 amide bonds. The molecule has 0 unspecified atom stereocenters. The van der Waals surface area contributed by atoms with Crippen LogP contribution >= 0.6 is 11.6 Å². The molecule has 0 heterocycles. The standard InChI is InChI=1S/C20H25ClN2O2/c1-20(2,3)23-19(24)12-13-22-17-8-10-18(11-9-17)25-14-15-4-6-16(21)7-5-15/h4-11,22H,12-14H2,1-3H3,(H,23,24). The molecule has 2 rings (SSSR count). The summed E-state index contributed by atoms with van der Waals surface area (Å²) < 4.78 is 5.75. The lowest BCUT2D eigenvalue weighted by Gasteiger charge is -2.20. The van der Waals surface area contributed by atoms with Crippen LogP contribution in [0.4, 0.5) is 5.69 Å². The maximum absolute atomic E-state index is 11.8. The molecule has 0 saturated carbocycles. The molecule has 0 aliphatic rings. The Morgan fingerprint density at radius 3 is 2.28 bits per heavy atom. The molecule has 2 N–H and O–H groups in total. The summed E-state index contributed by atoms with van der Waals surface area (Å²) in [5.41, 5.74) is 1.83. The van der Waals surface area contributed by atoms with Crippen LogP contribution in [0.25, 0.3) is 0 Å². The Kier molecular flexibility index (Phi) is 6.71. The maximum atomic E-state index is 11.8. The van der Waals surface area contributed by atoms with Gasteiger partial charge < -0.3 is 15.4 Å². The zero-order valence-corrected chi connectivity index (χ0v) is 15.7. The Morgan fingerprint density at radius 1 is 1.04 bits per heavy atom. The second-order valence-corrected chi connectivity index (χ2v) is 7.35. The number of hydrogen-bond donors (Lipinski definition) is 2. The van der Waals surface area contributed by atoms with E-state index in [9.17, 15) is 4.79 Å². The molecular weight excluding hydrogens is 336 g/mol. The molecule has 0 radical (unpaired) electrons. The third kappa shape index (κ3) is 7.48. The van der Waals surface area contributed by atoms with E-state index in [-0.39, 0.29) is 11.4 Å². The van der Waals surface area contributed by atoms with Gasteiger partial charge in [-0.1, -0.05) is 23.7 Å². The van der Waals surface area contributed by atoms with Gasteiger partial charge in [-0.15, -0.1) is 0 Å². The van der Waals surface area contributed by atoms with E-state index in [1.54, 1.807) is 0 Å². The van der Waals surface area contributed by atoms with Gasteiger partial charge in [0.05, 0.1) is 0 Å². The number of hydrogen-bond acceptors (Lipinski definition) is 3. The number of halogens is 1. The lowest BCUT2D eigenvalue weighted by Crippen LogP contribution is -2.41. The monoisotopic (exact) mass is 360 g/mol. The van der Waals surface area contributed by atoms with Crippen LogP contribution in [0.3, 0.4) is 0 Å². The molecule has 0 aromatic heterocycles. The van der Waals surface area contributed by atoms with E-state index in [0.29, 0.717) is 19.6 Å². The number of carbonyl (C=O) groups is 1. The van der Waals surface area contributed by atoms with Gasteiger partial charge >= 0.3 is 0 Å². The highest BCUT2D eigenvalue weighted by Gasteiger charge is 2.12. The zero-order valence-electron chi connectivity index (χ0n) is 14.9. The van der Waals surface area contributed by atoms with E-state index in [1.807, 2.05) is 69.3 Å². The molecule has 0 spiro atoms. The Hall–Kier alpha value is -2.20. The molecule has 2 aromatic rings. The van der Waals surface area contributed by atoms with Gasteiger partial charge in [-0.3, -0.25) is 4.79 Å². The normalized spacial score (nSPS) is 11.0. The molecule has 0 saturated heterocycles. The zero-order chi connectivity index (χ0) is 18.3. The maximum Gasteiger partial charge on any atom is 0.222 e. The molecule has 5 heteroatoms. The van der Waals surface area contributed by atoms with Crippen LogP contribution in [0.15, 0.2) is 48.5 Å². The van der Waals surface area contributed by atoms with Crippen LogP contribution in [-0.4, -0.2) is 18.0 Å². The molecule has 0 aliphatic heterocycles. The van der Waals surface area contributed by atoms with Crippen molar-refractivity contribution in [3.05, 3.63) is 59.1 Å². The molecule has 134 valence electrons. The second-order valence-electron chi connectivity index (χ2n) is 6.91. The summed E-state index contributed by atoms with van der Waals surface area (Å²) in [5, 5.41) is 6.90. The third-order valence-corrected chi connectivity index (χ3v) is 3.62. The van der Waals surface area contributed by atoms with Crippen molar-refractivity contribution in [2.24, 2.45) is 0 Å². The van der Waals surface area contributed by atoms with Crippen molar-refractivity contribution >= 4 is 23.2 Å². The topological polar surface area (TPSA) is 50.4 Å². The van der Waals surface area contributed by atoms with Crippen molar-refractivity contribution in [2.75, 3.05) is 11.9 Å². The smallest absolute Gasteiger partial charge is 0.222 e. The lowest BCUT2D eigenvalue weighted by atomic mass is 10.1. The Balaban J connectivity index is 1.74. The number of benzene rings is 2. The van der Waals surface area contributed by atoms with Gasteiger partial charge in [0.1, 0.15) is 12.4 Å². The number of carbonyl (C=O) groups excluding carboxylic acids is 1. The lowest BCUT2D eigenvalue weighted by molar-refractivity contribution is -0.122. The van der Waals surface area contributed by atoms with Crippen LogP contribution in [0.1, 0.15) is 32.8 Å². The number of rotatable bonds is 7. The van der Waals surface area contributed by atoms with Crippen molar-refractivity contribution in [1.82, 2.24) is 5.32 Å². The molecule has 0 aliphatic carbocycles. The summed E-state index contributed by atoms with van der Waals surface area (Å²) in [7, 11) is 0. The Morgan fingerprint density at radius 2 is 1.68 bits per heavy atom. The molecule has 2 aromatic carbocycles. The van der Waals surface area contributed by atoms with Crippen LogP contribution in [0.2, 0.25) is 5.02 Å². The second kappa shape index (κ2) is 8.77. The number of nitrogens with one attached hydrogen (secondary N) is 2. The molecule has 25 heavy (non-hydrogen) atoms. The fraction of sp³-hybridized carbons (Fsp3) is 0.350. The first kappa shape index (κ1) is 19.1. The summed E-state index contributed by atoms with van der Waals surface area (Å²) in [4.78, 5) is 11.8. The van der Waals surface area contributed by atoms with E-state index >= 15 is 0 Å². The molecule has 0 atom stereocenters. The minimum Gasteiger partial charge on any atom is -0.489 e. The molecule has 0 fully saturated rings. The van der Waals surface area contributed by atoms with E-state index in [4.69, 9.17) is 16.3 Å². The summed E-state index contributed by atoms with van der Waals surface area (Å²) in [6.07, 6.45) is 0.437. The fourth-order valence-electron chi connectivity index (χ4n) is 2.22. The average Bonchev–Trinajstić information content (AvgIpc) is 2.54. The van der Waals surface area contributed by atoms with E-state index < -0.39 is 0 Å². The fourth-order valence-corrected chi connectivity index (χ4v) is 2.34.